The van der Waals surface area contributed by atoms with Crippen molar-refractivity contribution in [1.29, 1.82) is 0 Å². The highest BCUT2D eigenvalue weighted by molar-refractivity contribution is 7.08. The van der Waals surface area contributed by atoms with E-state index in [1.807, 2.05) is 0 Å². The summed E-state index contributed by atoms with van der Waals surface area (Å²) in [5, 5.41) is 4.44. The van der Waals surface area contributed by atoms with Crippen LogP contribution in [-0.2, 0) is 0 Å². The minimum Gasteiger partial charge on any atom is -0.271 e. The van der Waals surface area contributed by atoms with Crippen molar-refractivity contribution in [2.75, 3.05) is 0 Å². The second-order valence-corrected chi connectivity index (χ2v) is 4.94. The number of thiophene rings is 1. The third-order valence-corrected chi connectivity index (χ3v) is 4.16. The molecule has 14 heavy (non-hydrogen) atoms. The van der Waals surface area contributed by atoms with Gasteiger partial charge in [0, 0.05) is 6.04 Å². The molecule has 0 bridgehead atoms. The maximum atomic E-state index is 5.67. The van der Waals surface area contributed by atoms with Crippen LogP contribution < -0.4 is 11.3 Å². The third-order valence-electron chi connectivity index (χ3n) is 3.28. The summed E-state index contributed by atoms with van der Waals surface area (Å²) >= 11 is 1.77. The van der Waals surface area contributed by atoms with Crippen LogP contribution in [0.2, 0.25) is 0 Å². The summed E-state index contributed by atoms with van der Waals surface area (Å²) in [7, 11) is 0. The number of hydrogen-bond acceptors (Lipinski definition) is 3. The molecule has 0 radical (unpaired) electrons. The first-order valence-electron chi connectivity index (χ1n) is 5.31. The van der Waals surface area contributed by atoms with Gasteiger partial charge in [0.15, 0.2) is 0 Å². The fraction of sp³-hybridized carbons (Fsp3) is 0.636. The molecule has 1 aromatic rings. The molecule has 0 aromatic carbocycles. The largest absolute Gasteiger partial charge is 0.271 e. The van der Waals surface area contributed by atoms with Gasteiger partial charge in [-0.2, -0.15) is 11.3 Å². The van der Waals surface area contributed by atoms with Gasteiger partial charge >= 0.3 is 0 Å². The van der Waals surface area contributed by atoms with Gasteiger partial charge in [-0.3, -0.25) is 11.3 Å². The van der Waals surface area contributed by atoms with Crippen molar-refractivity contribution in [3.8, 4) is 0 Å². The fourth-order valence-electron chi connectivity index (χ4n) is 2.46. The van der Waals surface area contributed by atoms with E-state index >= 15 is 0 Å². The number of aryl methyl sites for hydroxylation is 1. The molecule has 0 saturated heterocycles. The predicted molar refractivity (Wildman–Crippen MR) is 61.1 cm³/mol. The van der Waals surface area contributed by atoms with E-state index in [9.17, 15) is 0 Å². The molecule has 1 aromatic heterocycles. The zero-order valence-electron chi connectivity index (χ0n) is 8.62. The van der Waals surface area contributed by atoms with Crippen LogP contribution in [0.3, 0.4) is 0 Å². The minimum atomic E-state index is 0.378. The average molecular weight is 210 g/mol. The summed E-state index contributed by atoms with van der Waals surface area (Å²) < 4.78 is 0. The Morgan fingerprint density at radius 1 is 1.43 bits per heavy atom. The summed E-state index contributed by atoms with van der Waals surface area (Å²) in [5.41, 5.74) is 5.78. The van der Waals surface area contributed by atoms with Crippen LogP contribution in [-0.4, -0.2) is 0 Å². The standard InChI is InChI=1S/C11H18N2S/c1-8-6-14-7-10(8)11(13-12)9-4-2-3-5-9/h6-7,9,11,13H,2-5,12H2,1H3. The maximum absolute atomic E-state index is 5.67. The molecule has 0 amide bonds. The lowest BCUT2D eigenvalue weighted by atomic mass is 9.92. The van der Waals surface area contributed by atoms with Gasteiger partial charge in [-0.05, 0) is 47.6 Å². The van der Waals surface area contributed by atoms with Gasteiger partial charge in [0.25, 0.3) is 0 Å². The molecular formula is C11H18N2S. The zero-order valence-corrected chi connectivity index (χ0v) is 9.44. The van der Waals surface area contributed by atoms with Crippen molar-refractivity contribution in [3.63, 3.8) is 0 Å². The van der Waals surface area contributed by atoms with E-state index in [4.69, 9.17) is 5.84 Å². The SMILES string of the molecule is Cc1cscc1C(NN)C1CCCC1. The van der Waals surface area contributed by atoms with Gasteiger partial charge in [-0.25, -0.2) is 0 Å². The number of hydrazine groups is 1. The fourth-order valence-corrected chi connectivity index (χ4v) is 3.35. The topological polar surface area (TPSA) is 38.0 Å². The number of hydrogen-bond donors (Lipinski definition) is 2. The van der Waals surface area contributed by atoms with E-state index in [0.717, 1.165) is 5.92 Å². The van der Waals surface area contributed by atoms with Crippen LogP contribution >= 0.6 is 11.3 Å². The summed E-state index contributed by atoms with van der Waals surface area (Å²) in [4.78, 5) is 0. The highest BCUT2D eigenvalue weighted by atomic mass is 32.1. The Hall–Kier alpha value is -0.380. The van der Waals surface area contributed by atoms with Crippen LogP contribution in [0.5, 0.6) is 0 Å². The molecule has 1 fully saturated rings. The lowest BCUT2D eigenvalue weighted by molar-refractivity contribution is 0.373. The van der Waals surface area contributed by atoms with Gasteiger partial charge in [-0.1, -0.05) is 12.8 Å². The van der Waals surface area contributed by atoms with Gasteiger partial charge in [0.05, 0.1) is 0 Å². The number of rotatable bonds is 3. The van der Waals surface area contributed by atoms with E-state index in [0.29, 0.717) is 6.04 Å². The smallest absolute Gasteiger partial charge is 0.0499 e. The van der Waals surface area contributed by atoms with E-state index in [2.05, 4.69) is 23.1 Å². The number of nitrogens with one attached hydrogen (secondary N) is 1. The highest BCUT2D eigenvalue weighted by Crippen LogP contribution is 2.37. The van der Waals surface area contributed by atoms with E-state index in [1.54, 1.807) is 11.3 Å². The van der Waals surface area contributed by atoms with Crippen molar-refractivity contribution in [1.82, 2.24) is 5.43 Å². The van der Waals surface area contributed by atoms with Crippen LogP contribution in [0.4, 0.5) is 0 Å². The molecule has 3 heteroatoms. The van der Waals surface area contributed by atoms with Gasteiger partial charge in [0.2, 0.25) is 0 Å². The first kappa shape index (κ1) is 10.1. The normalized spacial score (nSPS) is 20.1. The Morgan fingerprint density at radius 2 is 2.14 bits per heavy atom. The first-order valence-corrected chi connectivity index (χ1v) is 6.26. The molecule has 78 valence electrons. The van der Waals surface area contributed by atoms with Crippen molar-refractivity contribution < 1.29 is 0 Å². The van der Waals surface area contributed by atoms with Gasteiger partial charge in [0.1, 0.15) is 0 Å². The van der Waals surface area contributed by atoms with Crippen LogP contribution in [0.1, 0.15) is 42.9 Å². The maximum Gasteiger partial charge on any atom is 0.0499 e. The van der Waals surface area contributed by atoms with Crippen molar-refractivity contribution in [2.45, 2.75) is 38.6 Å². The molecule has 1 heterocycles. The molecule has 1 unspecified atom stereocenters. The van der Waals surface area contributed by atoms with Crippen molar-refractivity contribution in [3.05, 3.63) is 21.9 Å². The Bertz CT molecular complexity index is 289. The van der Waals surface area contributed by atoms with Crippen LogP contribution in [0, 0.1) is 12.8 Å². The predicted octanol–water partition coefficient (Wildman–Crippen LogP) is 2.75. The molecule has 1 saturated carbocycles. The van der Waals surface area contributed by atoms with Crippen molar-refractivity contribution >= 4 is 11.3 Å². The third kappa shape index (κ3) is 1.85. The van der Waals surface area contributed by atoms with Crippen LogP contribution in [0.15, 0.2) is 10.8 Å². The highest BCUT2D eigenvalue weighted by Gasteiger charge is 2.26. The Kier molecular flexibility index (Phi) is 3.21. The summed E-state index contributed by atoms with van der Waals surface area (Å²) in [6, 6.07) is 0.378. The molecule has 1 aliphatic rings. The second kappa shape index (κ2) is 4.43. The Morgan fingerprint density at radius 3 is 2.64 bits per heavy atom. The Balaban J connectivity index is 2.16. The van der Waals surface area contributed by atoms with Gasteiger partial charge in [-0.15, -0.1) is 0 Å². The molecule has 0 spiro atoms. The molecule has 3 N–H and O–H groups in total. The molecule has 0 aliphatic heterocycles. The monoisotopic (exact) mass is 210 g/mol. The minimum absolute atomic E-state index is 0.378. The second-order valence-electron chi connectivity index (χ2n) is 4.20. The van der Waals surface area contributed by atoms with E-state index in [1.165, 1.54) is 36.8 Å². The molecule has 1 aliphatic carbocycles. The van der Waals surface area contributed by atoms with Gasteiger partial charge < -0.3 is 0 Å². The zero-order chi connectivity index (χ0) is 9.97. The average Bonchev–Trinajstić information content (AvgIpc) is 2.80. The first-order chi connectivity index (χ1) is 6.83. The lowest BCUT2D eigenvalue weighted by Crippen LogP contribution is -2.32. The van der Waals surface area contributed by atoms with Crippen molar-refractivity contribution in [2.24, 2.45) is 11.8 Å². The van der Waals surface area contributed by atoms with E-state index < -0.39 is 0 Å². The molecule has 1 atom stereocenters. The lowest BCUT2D eigenvalue weighted by Gasteiger charge is -2.22. The molecule has 2 nitrogen and oxygen atoms in total. The number of nitrogens with two attached hydrogens (primary N) is 1. The van der Waals surface area contributed by atoms with Crippen LogP contribution in [0.25, 0.3) is 0 Å². The molecule has 2 rings (SSSR count). The Labute approximate surface area is 89.5 Å². The van der Waals surface area contributed by atoms with E-state index in [-0.39, 0.29) is 0 Å². The summed E-state index contributed by atoms with van der Waals surface area (Å²) in [5.74, 6) is 6.41. The summed E-state index contributed by atoms with van der Waals surface area (Å²) in [6.07, 6.45) is 5.38. The quantitative estimate of drug-likeness (QED) is 0.594. The molecular weight excluding hydrogens is 192 g/mol. The summed E-state index contributed by atoms with van der Waals surface area (Å²) in [6.45, 7) is 2.17.